The van der Waals surface area contributed by atoms with Crippen molar-refractivity contribution >= 4 is 11.8 Å². The summed E-state index contributed by atoms with van der Waals surface area (Å²) in [5, 5.41) is 17.1. The summed E-state index contributed by atoms with van der Waals surface area (Å²) in [4.78, 5) is 24.7. The second-order valence-corrected chi connectivity index (χ2v) is 4.82. The minimum Gasteiger partial charge on any atom is -0.388 e. The monoisotopic (exact) mass is 309 g/mol. The maximum absolute atomic E-state index is 11.8. The van der Waals surface area contributed by atoms with Crippen molar-refractivity contribution in [1.29, 1.82) is 5.26 Å². The Hall–Kier alpha value is -2.11. The lowest BCUT2D eigenvalue weighted by Gasteiger charge is -2.26. The first kappa shape index (κ1) is 17.9. The van der Waals surface area contributed by atoms with E-state index >= 15 is 0 Å². The Balaban J connectivity index is 2.22. The molecule has 0 radical (unpaired) electrons. The van der Waals surface area contributed by atoms with Gasteiger partial charge >= 0.3 is 0 Å². The third-order valence-electron chi connectivity index (χ3n) is 3.07. The predicted octanol–water partition coefficient (Wildman–Crippen LogP) is -1.43. The van der Waals surface area contributed by atoms with Crippen molar-refractivity contribution in [1.82, 2.24) is 20.9 Å². The van der Waals surface area contributed by atoms with Crippen LogP contribution in [-0.2, 0) is 14.3 Å². The van der Waals surface area contributed by atoms with Crippen LogP contribution in [-0.4, -0.2) is 69.2 Å². The number of hydrogen-bond donors (Lipinski definition) is 3. The Bertz CT molecular complexity index is 438. The molecule has 1 saturated heterocycles. The van der Waals surface area contributed by atoms with Crippen molar-refractivity contribution in [2.24, 2.45) is 0 Å². The van der Waals surface area contributed by atoms with E-state index in [4.69, 9.17) is 10.00 Å². The van der Waals surface area contributed by atoms with Crippen LogP contribution in [0.3, 0.4) is 0 Å². The molecule has 1 aliphatic rings. The lowest BCUT2D eigenvalue weighted by molar-refractivity contribution is -0.119. The topological polar surface area (TPSA) is 106 Å². The van der Waals surface area contributed by atoms with E-state index in [1.54, 1.807) is 0 Å². The molecule has 0 aromatic rings. The molecule has 1 heterocycles. The van der Waals surface area contributed by atoms with Gasteiger partial charge in [0.1, 0.15) is 11.6 Å². The van der Waals surface area contributed by atoms with Crippen LogP contribution in [0.25, 0.3) is 0 Å². The van der Waals surface area contributed by atoms with Gasteiger partial charge in [0.2, 0.25) is 5.91 Å². The number of carbonyl (C=O) groups is 2. The summed E-state index contributed by atoms with van der Waals surface area (Å²) < 4.78 is 5.25. The summed E-state index contributed by atoms with van der Waals surface area (Å²) >= 11 is 0. The third kappa shape index (κ3) is 7.61. The molecule has 0 aromatic heterocycles. The quantitative estimate of drug-likeness (QED) is 0.288. The maximum Gasteiger partial charge on any atom is 0.263 e. The van der Waals surface area contributed by atoms with Crippen LogP contribution in [0.5, 0.6) is 0 Å². The molecule has 1 aliphatic heterocycles. The molecule has 1 fully saturated rings. The van der Waals surface area contributed by atoms with Crippen LogP contribution in [0.2, 0.25) is 0 Å². The summed E-state index contributed by atoms with van der Waals surface area (Å²) in [5.74, 6) is -0.519. The number of amides is 2. The second-order valence-electron chi connectivity index (χ2n) is 4.82. The lowest BCUT2D eigenvalue weighted by Crippen LogP contribution is -2.41. The molecular weight excluding hydrogens is 286 g/mol. The number of nitrogens with one attached hydrogen (secondary N) is 3. The molecule has 3 N–H and O–H groups in total. The highest BCUT2D eigenvalue weighted by Gasteiger charge is 2.12. The molecule has 8 heteroatoms. The fourth-order valence-corrected chi connectivity index (χ4v) is 1.88. The molecule has 22 heavy (non-hydrogen) atoms. The van der Waals surface area contributed by atoms with Gasteiger partial charge in [-0.3, -0.25) is 14.5 Å². The minimum atomic E-state index is -0.400. The van der Waals surface area contributed by atoms with Crippen molar-refractivity contribution in [2.45, 2.75) is 6.92 Å². The van der Waals surface area contributed by atoms with E-state index in [0.717, 1.165) is 32.8 Å². The SMILES string of the molecule is CC(=O)NCCN/C=C(/C#N)C(=O)NCCN1CCOCC1. The van der Waals surface area contributed by atoms with Crippen molar-refractivity contribution < 1.29 is 14.3 Å². The van der Waals surface area contributed by atoms with Gasteiger partial charge < -0.3 is 20.7 Å². The van der Waals surface area contributed by atoms with Gasteiger partial charge in [-0.15, -0.1) is 0 Å². The normalized spacial score (nSPS) is 15.7. The van der Waals surface area contributed by atoms with E-state index in [9.17, 15) is 9.59 Å². The predicted molar refractivity (Wildman–Crippen MR) is 80.7 cm³/mol. The van der Waals surface area contributed by atoms with Gasteiger partial charge in [-0.2, -0.15) is 5.26 Å². The summed E-state index contributed by atoms with van der Waals surface area (Å²) in [6.07, 6.45) is 1.37. The molecule has 0 aromatic carbocycles. The van der Waals surface area contributed by atoms with Crippen LogP contribution < -0.4 is 16.0 Å². The number of rotatable bonds is 8. The van der Waals surface area contributed by atoms with Gasteiger partial charge in [0.15, 0.2) is 0 Å². The maximum atomic E-state index is 11.8. The molecule has 122 valence electrons. The fraction of sp³-hybridized carbons (Fsp3) is 0.643. The van der Waals surface area contributed by atoms with Gasteiger partial charge in [0.05, 0.1) is 13.2 Å². The van der Waals surface area contributed by atoms with Crippen molar-refractivity contribution in [3.8, 4) is 6.07 Å². The molecule has 2 amide bonds. The average Bonchev–Trinajstić information content (AvgIpc) is 2.51. The first-order chi connectivity index (χ1) is 10.6. The van der Waals surface area contributed by atoms with Crippen molar-refractivity contribution in [3.63, 3.8) is 0 Å². The summed E-state index contributed by atoms with van der Waals surface area (Å²) in [6.45, 7) is 6.70. The van der Waals surface area contributed by atoms with Gasteiger partial charge in [-0.05, 0) is 0 Å². The first-order valence-electron chi connectivity index (χ1n) is 7.30. The Kier molecular flexibility index (Phi) is 8.64. The van der Waals surface area contributed by atoms with E-state index in [1.807, 2.05) is 6.07 Å². The minimum absolute atomic E-state index is 0.0183. The number of nitrogens with zero attached hydrogens (tertiary/aromatic N) is 2. The van der Waals surface area contributed by atoms with Crippen LogP contribution >= 0.6 is 0 Å². The number of hydrogen-bond acceptors (Lipinski definition) is 6. The van der Waals surface area contributed by atoms with Gasteiger partial charge in [-0.25, -0.2) is 0 Å². The number of morpholine rings is 1. The highest BCUT2D eigenvalue weighted by atomic mass is 16.5. The zero-order valence-corrected chi connectivity index (χ0v) is 12.9. The average molecular weight is 309 g/mol. The Labute approximate surface area is 130 Å². The number of carbonyl (C=O) groups excluding carboxylic acids is 2. The zero-order valence-electron chi connectivity index (χ0n) is 12.9. The standard InChI is InChI=1S/C14H23N5O3/c1-12(20)17-3-2-16-11-13(10-15)14(21)18-4-5-19-6-8-22-9-7-19/h11,16H,2-9H2,1H3,(H,17,20)(H,18,21)/b13-11-. The third-order valence-corrected chi connectivity index (χ3v) is 3.07. The zero-order chi connectivity index (χ0) is 16.2. The smallest absolute Gasteiger partial charge is 0.263 e. The van der Waals surface area contributed by atoms with Crippen LogP contribution in [0, 0.1) is 11.3 Å². The summed E-state index contributed by atoms with van der Waals surface area (Å²) in [7, 11) is 0. The summed E-state index contributed by atoms with van der Waals surface area (Å²) in [5.41, 5.74) is 0.0183. The van der Waals surface area contributed by atoms with Crippen molar-refractivity contribution in [3.05, 3.63) is 11.8 Å². The van der Waals surface area contributed by atoms with E-state index in [1.165, 1.54) is 13.1 Å². The molecule has 0 unspecified atom stereocenters. The van der Waals surface area contributed by atoms with E-state index in [2.05, 4.69) is 20.9 Å². The highest BCUT2D eigenvalue weighted by Crippen LogP contribution is 1.95. The lowest BCUT2D eigenvalue weighted by atomic mass is 10.3. The van der Waals surface area contributed by atoms with E-state index < -0.39 is 5.91 Å². The second kappa shape index (κ2) is 10.6. The molecule has 0 spiro atoms. The van der Waals surface area contributed by atoms with Crippen LogP contribution in [0.4, 0.5) is 0 Å². The molecule has 0 saturated carbocycles. The van der Waals surface area contributed by atoms with Crippen molar-refractivity contribution in [2.75, 3.05) is 52.5 Å². The molecule has 0 bridgehead atoms. The summed E-state index contributed by atoms with van der Waals surface area (Å²) in [6, 6.07) is 1.86. The molecule has 1 rings (SSSR count). The number of nitriles is 1. The Morgan fingerprint density at radius 3 is 2.59 bits per heavy atom. The number of ether oxygens (including phenoxy) is 1. The highest BCUT2D eigenvalue weighted by molar-refractivity contribution is 5.97. The molecule has 0 aliphatic carbocycles. The van der Waals surface area contributed by atoms with Gasteiger partial charge in [0.25, 0.3) is 5.91 Å². The van der Waals surface area contributed by atoms with Crippen LogP contribution in [0.15, 0.2) is 11.8 Å². The van der Waals surface area contributed by atoms with Gasteiger partial charge in [0, 0.05) is 52.4 Å². The van der Waals surface area contributed by atoms with E-state index in [0.29, 0.717) is 19.6 Å². The Morgan fingerprint density at radius 2 is 1.95 bits per heavy atom. The first-order valence-corrected chi connectivity index (χ1v) is 7.30. The molecular formula is C14H23N5O3. The van der Waals surface area contributed by atoms with Gasteiger partial charge in [-0.1, -0.05) is 0 Å². The Morgan fingerprint density at radius 1 is 1.23 bits per heavy atom. The van der Waals surface area contributed by atoms with E-state index in [-0.39, 0.29) is 11.5 Å². The molecule has 0 atom stereocenters. The largest absolute Gasteiger partial charge is 0.388 e. The van der Waals surface area contributed by atoms with Crippen LogP contribution in [0.1, 0.15) is 6.92 Å². The fourth-order valence-electron chi connectivity index (χ4n) is 1.88. The molecule has 8 nitrogen and oxygen atoms in total.